The summed E-state index contributed by atoms with van der Waals surface area (Å²) in [5, 5.41) is 0. The van der Waals surface area contributed by atoms with Gasteiger partial charge in [0, 0.05) is 5.92 Å². The highest BCUT2D eigenvalue weighted by atomic mass is 16.6. The minimum absolute atomic E-state index is 0.0350. The summed E-state index contributed by atoms with van der Waals surface area (Å²) in [6.07, 6.45) is 6.86. The molecule has 0 N–H and O–H groups in total. The quantitative estimate of drug-likeness (QED) is 0.609. The van der Waals surface area contributed by atoms with Crippen molar-refractivity contribution >= 4 is 5.97 Å². The molecule has 1 aliphatic heterocycles. The summed E-state index contributed by atoms with van der Waals surface area (Å²) in [4.78, 5) is 11.8. The molecular formula is C16H26O2. The van der Waals surface area contributed by atoms with Gasteiger partial charge in [-0.1, -0.05) is 27.2 Å². The molecule has 0 spiro atoms. The molecule has 3 aliphatic rings. The van der Waals surface area contributed by atoms with Crippen molar-refractivity contribution in [1.29, 1.82) is 0 Å². The molecule has 2 saturated carbocycles. The van der Waals surface area contributed by atoms with Gasteiger partial charge in [-0.2, -0.15) is 0 Å². The van der Waals surface area contributed by atoms with Crippen molar-refractivity contribution in [3.8, 4) is 0 Å². The van der Waals surface area contributed by atoms with E-state index >= 15 is 0 Å². The van der Waals surface area contributed by atoms with E-state index in [0.717, 1.165) is 12.3 Å². The largest absolute Gasteiger partial charge is 0.459 e. The number of hydrogen-bond donors (Lipinski definition) is 0. The smallest absolute Gasteiger partial charge is 0.306 e. The van der Waals surface area contributed by atoms with Crippen LogP contribution in [0.15, 0.2) is 0 Å². The number of fused-ring (bicyclic) bond motifs is 3. The van der Waals surface area contributed by atoms with Gasteiger partial charge in [-0.05, 0) is 49.4 Å². The van der Waals surface area contributed by atoms with Gasteiger partial charge in [0.1, 0.15) is 5.60 Å². The van der Waals surface area contributed by atoms with Gasteiger partial charge in [0.25, 0.3) is 0 Å². The van der Waals surface area contributed by atoms with Crippen LogP contribution in [-0.2, 0) is 9.53 Å². The summed E-state index contributed by atoms with van der Waals surface area (Å²) in [5.41, 5.74) is 0.566. The summed E-state index contributed by atoms with van der Waals surface area (Å²) in [6, 6.07) is 0. The molecule has 0 aromatic rings. The minimum Gasteiger partial charge on any atom is -0.459 e. The lowest BCUT2D eigenvalue weighted by Crippen LogP contribution is -2.55. The van der Waals surface area contributed by atoms with Gasteiger partial charge in [0.05, 0.1) is 6.42 Å². The van der Waals surface area contributed by atoms with Crippen LogP contribution < -0.4 is 0 Å². The van der Waals surface area contributed by atoms with Crippen LogP contribution in [-0.4, -0.2) is 11.6 Å². The third-order valence-corrected chi connectivity index (χ3v) is 6.46. The van der Waals surface area contributed by atoms with Crippen LogP contribution in [0.3, 0.4) is 0 Å². The Morgan fingerprint density at radius 3 is 2.50 bits per heavy atom. The second-order valence-corrected chi connectivity index (χ2v) is 7.98. The first kappa shape index (κ1) is 12.5. The molecule has 0 bridgehead atoms. The van der Waals surface area contributed by atoms with Crippen molar-refractivity contribution in [1.82, 2.24) is 0 Å². The lowest BCUT2D eigenvalue weighted by atomic mass is 9.45. The average molecular weight is 250 g/mol. The summed E-state index contributed by atoms with van der Waals surface area (Å²) in [7, 11) is 0. The van der Waals surface area contributed by atoms with E-state index in [0.29, 0.717) is 23.2 Å². The highest BCUT2D eigenvalue weighted by Gasteiger charge is 2.62. The van der Waals surface area contributed by atoms with Crippen molar-refractivity contribution < 1.29 is 9.53 Å². The van der Waals surface area contributed by atoms with Crippen LogP contribution in [0.25, 0.3) is 0 Å². The van der Waals surface area contributed by atoms with Crippen LogP contribution in [0.1, 0.15) is 66.2 Å². The van der Waals surface area contributed by atoms with E-state index in [1.807, 2.05) is 0 Å². The topological polar surface area (TPSA) is 26.3 Å². The summed E-state index contributed by atoms with van der Waals surface area (Å²) in [5.74, 6) is 1.23. The molecule has 0 radical (unpaired) electrons. The van der Waals surface area contributed by atoms with Crippen molar-refractivity contribution in [2.45, 2.75) is 71.8 Å². The third-order valence-electron chi connectivity index (χ3n) is 6.46. The fourth-order valence-electron chi connectivity index (χ4n) is 5.65. The van der Waals surface area contributed by atoms with Crippen LogP contribution in [0, 0.1) is 22.7 Å². The number of carbonyl (C=O) groups is 1. The van der Waals surface area contributed by atoms with Crippen LogP contribution in [0.2, 0.25) is 0 Å². The number of hydrogen-bond acceptors (Lipinski definition) is 2. The van der Waals surface area contributed by atoms with Gasteiger partial charge in [0.15, 0.2) is 0 Å². The molecule has 102 valence electrons. The molecule has 1 heterocycles. The van der Waals surface area contributed by atoms with E-state index in [2.05, 4.69) is 27.7 Å². The Bertz CT molecular complexity index is 387. The Kier molecular flexibility index (Phi) is 2.44. The minimum atomic E-state index is -0.171. The molecular weight excluding hydrogens is 224 g/mol. The number of carbonyl (C=O) groups excluding carboxylic acids is 1. The predicted octanol–water partition coefficient (Wildman–Crippen LogP) is 3.93. The van der Waals surface area contributed by atoms with Crippen molar-refractivity contribution in [2.75, 3.05) is 0 Å². The Morgan fingerprint density at radius 1 is 1.06 bits per heavy atom. The molecule has 3 rings (SSSR count). The lowest BCUT2D eigenvalue weighted by molar-refractivity contribution is -0.164. The third kappa shape index (κ3) is 1.50. The zero-order valence-electron chi connectivity index (χ0n) is 12.2. The molecule has 2 heteroatoms. The molecule has 2 aliphatic carbocycles. The van der Waals surface area contributed by atoms with Crippen LogP contribution in [0.5, 0.6) is 0 Å². The van der Waals surface area contributed by atoms with E-state index in [1.165, 1.54) is 25.7 Å². The Hall–Kier alpha value is -0.530. The average Bonchev–Trinajstić information content (AvgIpc) is 2.53. The Labute approximate surface area is 110 Å². The van der Waals surface area contributed by atoms with Crippen molar-refractivity contribution in [3.05, 3.63) is 0 Å². The highest BCUT2D eigenvalue weighted by molar-refractivity contribution is 5.73. The van der Waals surface area contributed by atoms with E-state index in [-0.39, 0.29) is 11.6 Å². The molecule has 0 aromatic heterocycles. The summed E-state index contributed by atoms with van der Waals surface area (Å²) >= 11 is 0. The van der Waals surface area contributed by atoms with E-state index < -0.39 is 0 Å². The number of esters is 1. The summed E-state index contributed by atoms with van der Waals surface area (Å²) in [6.45, 7) is 9.46. The summed E-state index contributed by atoms with van der Waals surface area (Å²) < 4.78 is 5.70. The van der Waals surface area contributed by atoms with Gasteiger partial charge in [0.2, 0.25) is 0 Å². The van der Waals surface area contributed by atoms with Crippen LogP contribution in [0.4, 0.5) is 0 Å². The van der Waals surface area contributed by atoms with Gasteiger partial charge < -0.3 is 4.74 Å². The van der Waals surface area contributed by atoms with Crippen LogP contribution >= 0.6 is 0 Å². The Balaban J connectivity index is 2.00. The first-order valence-corrected chi connectivity index (χ1v) is 7.50. The highest BCUT2D eigenvalue weighted by Crippen LogP contribution is 2.64. The van der Waals surface area contributed by atoms with Crippen molar-refractivity contribution in [3.63, 3.8) is 0 Å². The van der Waals surface area contributed by atoms with Crippen molar-refractivity contribution in [2.24, 2.45) is 22.7 Å². The SMILES string of the molecule is CC1(C)CCC[C@]2(C)C1CC[C@]1(C)OC(=O)CC21. The van der Waals surface area contributed by atoms with Gasteiger partial charge in [-0.3, -0.25) is 4.79 Å². The molecule has 0 amide bonds. The standard InChI is InChI=1S/C16H26O2/c1-14(2)7-5-8-15(3)11(14)6-9-16(4)12(15)10-13(17)18-16/h11-12H,5-10H2,1-4H3/t11?,12?,15-,16+/m1/s1. The zero-order valence-corrected chi connectivity index (χ0v) is 12.2. The van der Waals surface area contributed by atoms with Gasteiger partial charge >= 0.3 is 5.97 Å². The van der Waals surface area contributed by atoms with Gasteiger partial charge in [-0.15, -0.1) is 0 Å². The van der Waals surface area contributed by atoms with Gasteiger partial charge in [-0.25, -0.2) is 0 Å². The first-order valence-electron chi connectivity index (χ1n) is 7.50. The maximum Gasteiger partial charge on any atom is 0.306 e. The maximum atomic E-state index is 11.8. The fraction of sp³-hybridized carbons (Fsp3) is 0.938. The normalized spacial score (nSPS) is 50.3. The second kappa shape index (κ2) is 3.52. The van der Waals surface area contributed by atoms with E-state index in [4.69, 9.17) is 4.74 Å². The molecule has 2 nitrogen and oxygen atoms in total. The maximum absolute atomic E-state index is 11.8. The van der Waals surface area contributed by atoms with E-state index in [1.54, 1.807) is 0 Å². The van der Waals surface area contributed by atoms with E-state index in [9.17, 15) is 4.79 Å². The number of rotatable bonds is 0. The molecule has 3 fully saturated rings. The fourth-order valence-corrected chi connectivity index (χ4v) is 5.65. The first-order chi connectivity index (χ1) is 8.28. The molecule has 0 aromatic carbocycles. The predicted molar refractivity (Wildman–Crippen MR) is 71.1 cm³/mol. The lowest BCUT2D eigenvalue weighted by Gasteiger charge is -2.59. The molecule has 1 saturated heterocycles. The second-order valence-electron chi connectivity index (χ2n) is 7.98. The zero-order chi connectivity index (χ0) is 13.2. The Morgan fingerprint density at radius 2 is 1.78 bits per heavy atom. The monoisotopic (exact) mass is 250 g/mol. The molecule has 4 atom stereocenters. The molecule has 18 heavy (non-hydrogen) atoms. The number of ether oxygens (including phenoxy) is 1. The molecule has 2 unspecified atom stereocenters.